The third kappa shape index (κ3) is 3.01. The van der Waals surface area contributed by atoms with Gasteiger partial charge in [0.2, 0.25) is 0 Å². The number of fused-ring (bicyclic) bond motifs is 2. The average Bonchev–Trinajstić information content (AvgIpc) is 2.89. The van der Waals surface area contributed by atoms with Crippen LogP contribution in [0, 0.1) is 6.92 Å². The molecule has 0 radical (unpaired) electrons. The topological polar surface area (TPSA) is 60.5 Å². The number of aryl methyl sites for hydroxylation is 1. The van der Waals surface area contributed by atoms with Gasteiger partial charge in [-0.1, -0.05) is 6.07 Å². The van der Waals surface area contributed by atoms with E-state index >= 15 is 0 Å². The third-order valence-electron chi connectivity index (χ3n) is 4.23. The molecule has 1 aliphatic heterocycles. The van der Waals surface area contributed by atoms with Crippen molar-refractivity contribution in [2.75, 3.05) is 18.5 Å². The number of nitrogens with one attached hydrogen (secondary N) is 1. The van der Waals surface area contributed by atoms with Crippen LogP contribution in [0.5, 0.6) is 11.5 Å². The molecule has 126 valence electrons. The smallest absolute Gasteiger partial charge is 0.255 e. The Kier molecular flexibility index (Phi) is 3.98. The Hall–Kier alpha value is -3.08. The zero-order valence-electron chi connectivity index (χ0n) is 13.9. The molecule has 3 aromatic rings. The molecule has 0 spiro atoms. The van der Waals surface area contributed by atoms with E-state index in [-0.39, 0.29) is 5.91 Å². The number of rotatable bonds is 2. The number of anilines is 1. The first-order valence-electron chi connectivity index (χ1n) is 8.28. The fourth-order valence-corrected chi connectivity index (χ4v) is 2.92. The van der Waals surface area contributed by atoms with E-state index in [0.717, 1.165) is 28.6 Å². The van der Waals surface area contributed by atoms with Gasteiger partial charge in [-0.3, -0.25) is 9.78 Å². The monoisotopic (exact) mass is 334 g/mol. The van der Waals surface area contributed by atoms with Crippen LogP contribution in [0.4, 0.5) is 5.69 Å². The van der Waals surface area contributed by atoms with Crippen molar-refractivity contribution in [3.05, 3.63) is 59.8 Å². The lowest BCUT2D eigenvalue weighted by atomic mass is 10.1. The van der Waals surface area contributed by atoms with Crippen LogP contribution in [0.15, 0.2) is 48.7 Å². The zero-order chi connectivity index (χ0) is 17.2. The van der Waals surface area contributed by atoms with Gasteiger partial charge in [0.1, 0.15) is 0 Å². The molecule has 5 nitrogen and oxygen atoms in total. The normalized spacial score (nSPS) is 13.3. The highest BCUT2D eigenvalue weighted by atomic mass is 16.5. The maximum atomic E-state index is 12.7. The minimum atomic E-state index is -0.190. The number of pyridine rings is 1. The van der Waals surface area contributed by atoms with Gasteiger partial charge in [-0.2, -0.15) is 0 Å². The minimum absolute atomic E-state index is 0.190. The molecule has 0 bridgehead atoms. The van der Waals surface area contributed by atoms with E-state index in [4.69, 9.17) is 9.47 Å². The highest BCUT2D eigenvalue weighted by Crippen LogP contribution is 2.31. The van der Waals surface area contributed by atoms with Crippen molar-refractivity contribution in [2.45, 2.75) is 13.3 Å². The second kappa shape index (κ2) is 6.43. The Labute approximate surface area is 145 Å². The second-order valence-corrected chi connectivity index (χ2v) is 6.00. The standard InChI is InChI=1S/C20H18N2O3/c1-13-5-7-16(15-4-2-9-21-19(13)15)22-20(23)14-6-8-17-18(12-14)25-11-3-10-24-17/h2,4-9,12H,3,10-11H2,1H3,(H,22,23). The van der Waals surface area contributed by atoms with Gasteiger partial charge in [0.05, 0.1) is 24.4 Å². The zero-order valence-corrected chi connectivity index (χ0v) is 13.9. The van der Waals surface area contributed by atoms with E-state index < -0.39 is 0 Å². The predicted octanol–water partition coefficient (Wildman–Crippen LogP) is 3.96. The fourth-order valence-electron chi connectivity index (χ4n) is 2.92. The first kappa shape index (κ1) is 15.4. The minimum Gasteiger partial charge on any atom is -0.490 e. The van der Waals surface area contributed by atoms with E-state index in [2.05, 4.69) is 10.3 Å². The maximum Gasteiger partial charge on any atom is 0.255 e. The summed E-state index contributed by atoms with van der Waals surface area (Å²) in [4.78, 5) is 17.1. The van der Waals surface area contributed by atoms with E-state index in [9.17, 15) is 4.79 Å². The van der Waals surface area contributed by atoms with E-state index in [1.54, 1.807) is 24.4 Å². The number of ether oxygens (including phenoxy) is 2. The van der Waals surface area contributed by atoms with Gasteiger partial charge in [0.15, 0.2) is 11.5 Å². The van der Waals surface area contributed by atoms with Crippen LogP contribution in [-0.2, 0) is 0 Å². The van der Waals surface area contributed by atoms with Crippen LogP contribution in [0.25, 0.3) is 10.9 Å². The molecule has 0 aliphatic carbocycles. The summed E-state index contributed by atoms with van der Waals surface area (Å²) in [6, 6.07) is 12.9. The lowest BCUT2D eigenvalue weighted by molar-refractivity contribution is 0.102. The summed E-state index contributed by atoms with van der Waals surface area (Å²) >= 11 is 0. The van der Waals surface area contributed by atoms with Crippen LogP contribution in [0.2, 0.25) is 0 Å². The number of hydrogen-bond acceptors (Lipinski definition) is 4. The quantitative estimate of drug-likeness (QED) is 0.771. The molecule has 4 rings (SSSR count). The third-order valence-corrected chi connectivity index (χ3v) is 4.23. The molecule has 5 heteroatoms. The van der Waals surface area contributed by atoms with Gasteiger partial charge in [0.25, 0.3) is 5.91 Å². The number of carbonyl (C=O) groups excluding carboxylic acids is 1. The number of benzene rings is 2. The van der Waals surface area contributed by atoms with Crippen LogP contribution in [-0.4, -0.2) is 24.1 Å². The summed E-state index contributed by atoms with van der Waals surface area (Å²) in [5.74, 6) is 1.10. The molecule has 1 aliphatic rings. The van der Waals surface area contributed by atoms with Crippen molar-refractivity contribution in [3.8, 4) is 11.5 Å². The molecule has 1 aromatic heterocycles. The Bertz CT molecular complexity index is 953. The van der Waals surface area contributed by atoms with Crippen molar-refractivity contribution in [1.82, 2.24) is 4.98 Å². The van der Waals surface area contributed by atoms with E-state index in [1.807, 2.05) is 31.2 Å². The van der Waals surface area contributed by atoms with Crippen molar-refractivity contribution in [2.24, 2.45) is 0 Å². The molecular formula is C20H18N2O3. The van der Waals surface area contributed by atoms with Crippen LogP contribution in [0.3, 0.4) is 0 Å². The lowest BCUT2D eigenvalue weighted by Gasteiger charge is -2.12. The molecule has 0 atom stereocenters. The van der Waals surface area contributed by atoms with E-state index in [0.29, 0.717) is 30.3 Å². The Morgan fingerprint density at radius 1 is 1.08 bits per heavy atom. The van der Waals surface area contributed by atoms with Gasteiger partial charge >= 0.3 is 0 Å². The average molecular weight is 334 g/mol. The highest BCUT2D eigenvalue weighted by molar-refractivity contribution is 6.09. The maximum absolute atomic E-state index is 12.7. The largest absolute Gasteiger partial charge is 0.490 e. The van der Waals surface area contributed by atoms with Gasteiger partial charge in [0, 0.05) is 23.6 Å². The molecule has 1 amide bonds. The Balaban J connectivity index is 1.65. The van der Waals surface area contributed by atoms with Crippen molar-refractivity contribution < 1.29 is 14.3 Å². The summed E-state index contributed by atoms with van der Waals surface area (Å²) in [5.41, 5.74) is 3.23. The molecule has 25 heavy (non-hydrogen) atoms. The molecule has 0 unspecified atom stereocenters. The van der Waals surface area contributed by atoms with Crippen LogP contribution in [0.1, 0.15) is 22.3 Å². The first-order chi connectivity index (χ1) is 12.2. The SMILES string of the molecule is Cc1ccc(NC(=O)c2ccc3c(c2)OCCCO3)c2cccnc12. The van der Waals surface area contributed by atoms with E-state index in [1.165, 1.54) is 0 Å². The predicted molar refractivity (Wildman–Crippen MR) is 96.5 cm³/mol. The summed E-state index contributed by atoms with van der Waals surface area (Å²) in [6.45, 7) is 3.22. The van der Waals surface area contributed by atoms with Crippen LogP contribution >= 0.6 is 0 Å². The fraction of sp³-hybridized carbons (Fsp3) is 0.200. The first-order valence-corrected chi connectivity index (χ1v) is 8.28. The van der Waals surface area contributed by atoms with Gasteiger partial charge in [-0.05, 0) is 48.9 Å². The number of carbonyl (C=O) groups is 1. The Morgan fingerprint density at radius 2 is 1.92 bits per heavy atom. The molecule has 0 fully saturated rings. The second-order valence-electron chi connectivity index (χ2n) is 6.00. The number of nitrogens with zero attached hydrogens (tertiary/aromatic N) is 1. The number of aromatic nitrogens is 1. The van der Waals surface area contributed by atoms with Crippen molar-refractivity contribution in [3.63, 3.8) is 0 Å². The Morgan fingerprint density at radius 3 is 2.80 bits per heavy atom. The van der Waals surface area contributed by atoms with Gasteiger partial charge in [-0.25, -0.2) is 0 Å². The van der Waals surface area contributed by atoms with Gasteiger partial charge < -0.3 is 14.8 Å². The summed E-state index contributed by atoms with van der Waals surface area (Å²) in [7, 11) is 0. The molecule has 2 heterocycles. The molecule has 0 saturated carbocycles. The molecule has 0 saturated heterocycles. The van der Waals surface area contributed by atoms with Gasteiger partial charge in [-0.15, -0.1) is 0 Å². The van der Waals surface area contributed by atoms with Crippen LogP contribution < -0.4 is 14.8 Å². The number of amides is 1. The molecule has 1 N–H and O–H groups in total. The highest BCUT2D eigenvalue weighted by Gasteiger charge is 2.15. The summed E-state index contributed by atoms with van der Waals surface area (Å²) < 4.78 is 11.3. The lowest BCUT2D eigenvalue weighted by Crippen LogP contribution is -2.12. The molecular weight excluding hydrogens is 316 g/mol. The summed E-state index contributed by atoms with van der Waals surface area (Å²) in [5, 5.41) is 3.90. The van der Waals surface area contributed by atoms with Crippen molar-refractivity contribution in [1.29, 1.82) is 0 Å². The van der Waals surface area contributed by atoms with Crippen molar-refractivity contribution >= 4 is 22.5 Å². The number of hydrogen-bond donors (Lipinski definition) is 1. The summed E-state index contributed by atoms with van der Waals surface area (Å²) in [6.07, 6.45) is 2.59. The molecule has 2 aromatic carbocycles.